The fourth-order valence-electron chi connectivity index (χ4n) is 3.72. The molecular formula is C29H47NO11S. The van der Waals surface area contributed by atoms with Crippen LogP contribution in [0.2, 0.25) is 0 Å². The Hall–Kier alpha value is -2.64. The molecule has 0 aromatic carbocycles. The molecule has 42 heavy (non-hydrogen) atoms. The summed E-state index contributed by atoms with van der Waals surface area (Å²) in [5, 5.41) is 9.76. The number of amides is 1. The average molecular weight is 618 g/mol. The van der Waals surface area contributed by atoms with E-state index in [0.29, 0.717) is 18.6 Å². The van der Waals surface area contributed by atoms with Gasteiger partial charge in [0.05, 0.1) is 19.8 Å². The first-order chi connectivity index (χ1) is 19.9. The molecule has 0 heterocycles. The molecule has 1 amide bonds. The first-order valence-electron chi connectivity index (χ1n) is 14.4. The summed E-state index contributed by atoms with van der Waals surface area (Å²) in [5.41, 5.74) is 5.01. The molecule has 0 saturated carbocycles. The number of aliphatic hydroxyl groups excluding tert-OH is 1. The number of ether oxygens (including phenoxy) is 3. The normalized spacial score (nSPS) is 13.0. The van der Waals surface area contributed by atoms with Gasteiger partial charge in [-0.25, -0.2) is 0 Å². The average Bonchev–Trinajstić information content (AvgIpc) is 2.94. The maximum atomic E-state index is 13.0. The van der Waals surface area contributed by atoms with Crippen LogP contribution in [0.1, 0.15) is 85.0 Å². The van der Waals surface area contributed by atoms with Crippen molar-refractivity contribution in [3.05, 3.63) is 0 Å². The second-order valence-corrected chi connectivity index (χ2v) is 11.0. The highest BCUT2D eigenvalue weighted by atomic mass is 32.2. The smallest absolute Gasteiger partial charge is 0.305 e. The molecule has 0 aliphatic carbocycles. The second kappa shape index (κ2) is 23.9. The molecule has 240 valence electrons. The predicted octanol–water partition coefficient (Wildman–Crippen LogP) is 2.14. The fourth-order valence-corrected chi connectivity index (χ4v) is 4.95. The monoisotopic (exact) mass is 617 g/mol. The summed E-state index contributed by atoms with van der Waals surface area (Å²) in [6.45, 7) is 4.66. The van der Waals surface area contributed by atoms with Gasteiger partial charge >= 0.3 is 11.9 Å². The van der Waals surface area contributed by atoms with Gasteiger partial charge in [0.2, 0.25) is 5.91 Å². The summed E-state index contributed by atoms with van der Waals surface area (Å²) < 4.78 is 15.9. The number of thioether (sulfide) groups is 1. The number of ketones is 4. The Morgan fingerprint density at radius 2 is 1.48 bits per heavy atom. The van der Waals surface area contributed by atoms with Crippen LogP contribution < -0.4 is 5.73 Å². The molecule has 0 radical (unpaired) electrons. The number of Topliss-reactive ketones (excluding diaryl/α,β-unsaturated/α-hetero) is 4. The van der Waals surface area contributed by atoms with Crippen molar-refractivity contribution in [3.63, 3.8) is 0 Å². The van der Waals surface area contributed by atoms with E-state index in [1.807, 2.05) is 0 Å². The van der Waals surface area contributed by atoms with E-state index in [0.717, 1.165) is 0 Å². The fraction of sp³-hybridized carbons (Fsp3) is 0.759. The van der Waals surface area contributed by atoms with Crippen molar-refractivity contribution in [1.29, 1.82) is 0 Å². The van der Waals surface area contributed by atoms with Gasteiger partial charge in [-0.15, -0.1) is 0 Å². The van der Waals surface area contributed by atoms with Crippen LogP contribution in [0.5, 0.6) is 0 Å². The van der Waals surface area contributed by atoms with Gasteiger partial charge < -0.3 is 29.8 Å². The number of hydrogen-bond donors (Lipinski definition) is 2. The van der Waals surface area contributed by atoms with Gasteiger partial charge in [-0.05, 0) is 13.3 Å². The minimum Gasteiger partial charge on any atom is -0.466 e. The van der Waals surface area contributed by atoms with E-state index in [1.54, 1.807) is 13.8 Å². The first-order valence-corrected chi connectivity index (χ1v) is 15.5. The van der Waals surface area contributed by atoms with Gasteiger partial charge in [-0.3, -0.25) is 28.8 Å². The second-order valence-electron chi connectivity index (χ2n) is 9.96. The van der Waals surface area contributed by atoms with Crippen LogP contribution in [0.25, 0.3) is 0 Å². The first kappa shape index (κ1) is 39.4. The Labute approximate surface area is 252 Å². The van der Waals surface area contributed by atoms with Crippen molar-refractivity contribution in [2.75, 3.05) is 37.9 Å². The third-order valence-electron chi connectivity index (χ3n) is 6.20. The van der Waals surface area contributed by atoms with Gasteiger partial charge in [-0.2, -0.15) is 11.8 Å². The summed E-state index contributed by atoms with van der Waals surface area (Å²) in [6.07, 6.45) is 0.571. The third kappa shape index (κ3) is 20.3. The molecule has 0 spiro atoms. The van der Waals surface area contributed by atoms with Crippen LogP contribution in [0.15, 0.2) is 0 Å². The van der Waals surface area contributed by atoms with Crippen LogP contribution in [-0.4, -0.2) is 90.1 Å². The van der Waals surface area contributed by atoms with Gasteiger partial charge in [0, 0.05) is 87.7 Å². The topological polar surface area (TPSA) is 193 Å². The van der Waals surface area contributed by atoms with E-state index < -0.39 is 36.4 Å². The minimum atomic E-state index is -0.904. The molecule has 0 aliphatic rings. The van der Waals surface area contributed by atoms with Crippen molar-refractivity contribution < 1.29 is 52.9 Å². The van der Waals surface area contributed by atoms with Gasteiger partial charge in [0.25, 0.3) is 0 Å². The zero-order chi connectivity index (χ0) is 31.9. The maximum absolute atomic E-state index is 13.0. The molecule has 0 bridgehead atoms. The SMILES string of the molecule is CCC(=O)OCCC(CSCC(CC(C)=O)C(=O)CC(CO)C(=O)CCCOCCC(=O)CCC(N)=O)OC(=O)CC. The molecular weight excluding hydrogens is 570 g/mol. The van der Waals surface area contributed by atoms with E-state index in [-0.39, 0.29) is 106 Å². The molecule has 3 unspecified atom stereocenters. The Morgan fingerprint density at radius 1 is 0.786 bits per heavy atom. The molecule has 0 fully saturated rings. The zero-order valence-electron chi connectivity index (χ0n) is 25.1. The van der Waals surface area contributed by atoms with Gasteiger partial charge in [-0.1, -0.05) is 13.8 Å². The molecule has 0 saturated heterocycles. The van der Waals surface area contributed by atoms with Crippen LogP contribution in [0, 0.1) is 11.8 Å². The Kier molecular flexibility index (Phi) is 22.4. The number of rotatable bonds is 27. The number of aliphatic hydroxyl groups is 1. The lowest BCUT2D eigenvalue weighted by molar-refractivity contribution is -0.150. The van der Waals surface area contributed by atoms with Crippen molar-refractivity contribution in [2.24, 2.45) is 17.6 Å². The largest absolute Gasteiger partial charge is 0.466 e. The van der Waals surface area contributed by atoms with E-state index in [1.165, 1.54) is 18.7 Å². The summed E-state index contributed by atoms with van der Waals surface area (Å²) in [4.78, 5) is 83.1. The molecule has 0 aromatic rings. The molecule has 0 rings (SSSR count). The highest BCUT2D eigenvalue weighted by molar-refractivity contribution is 7.99. The van der Waals surface area contributed by atoms with Crippen LogP contribution in [-0.2, 0) is 47.8 Å². The van der Waals surface area contributed by atoms with Crippen LogP contribution in [0.4, 0.5) is 0 Å². The third-order valence-corrected chi connectivity index (χ3v) is 7.45. The molecule has 0 aliphatic heterocycles. The van der Waals surface area contributed by atoms with Crippen molar-refractivity contribution in [3.8, 4) is 0 Å². The molecule has 3 N–H and O–H groups in total. The van der Waals surface area contributed by atoms with Gasteiger partial charge in [0.1, 0.15) is 29.2 Å². The Bertz CT molecular complexity index is 893. The number of nitrogens with two attached hydrogens (primary N) is 1. The lowest BCUT2D eigenvalue weighted by atomic mass is 9.89. The number of carbonyl (C=O) groups excluding carboxylic acids is 7. The number of esters is 2. The lowest BCUT2D eigenvalue weighted by Crippen LogP contribution is -2.28. The predicted molar refractivity (Wildman–Crippen MR) is 155 cm³/mol. The minimum absolute atomic E-state index is 0.00675. The van der Waals surface area contributed by atoms with Crippen LogP contribution in [0.3, 0.4) is 0 Å². The summed E-state index contributed by atoms with van der Waals surface area (Å²) >= 11 is 1.33. The van der Waals surface area contributed by atoms with E-state index >= 15 is 0 Å². The standard InChI is InChI=1S/C29H47NO11S/c1-4-28(37)40-14-11-24(41-29(38)5-2)19-42-18-22(15-20(3)32)26(35)16-21(17-31)25(34)7-6-12-39-13-10-23(33)8-9-27(30)36/h21-22,24,31H,4-19H2,1-3H3,(H2,30,36). The van der Waals surface area contributed by atoms with Crippen molar-refractivity contribution in [1.82, 2.24) is 0 Å². The van der Waals surface area contributed by atoms with E-state index in [9.17, 15) is 38.7 Å². The number of carbonyl (C=O) groups is 7. The van der Waals surface area contributed by atoms with Crippen molar-refractivity contribution >= 4 is 52.7 Å². The Balaban J connectivity index is 4.77. The van der Waals surface area contributed by atoms with Gasteiger partial charge in [0.15, 0.2) is 0 Å². The molecule has 13 heteroatoms. The quantitative estimate of drug-likeness (QED) is 0.101. The van der Waals surface area contributed by atoms with Crippen molar-refractivity contribution in [2.45, 2.75) is 91.1 Å². The number of primary amides is 1. The van der Waals surface area contributed by atoms with E-state index in [4.69, 9.17) is 19.9 Å². The highest BCUT2D eigenvalue weighted by Crippen LogP contribution is 2.21. The maximum Gasteiger partial charge on any atom is 0.305 e. The molecule has 12 nitrogen and oxygen atoms in total. The zero-order valence-corrected chi connectivity index (χ0v) is 25.9. The van der Waals surface area contributed by atoms with E-state index in [2.05, 4.69) is 0 Å². The number of hydrogen-bond acceptors (Lipinski definition) is 12. The highest BCUT2D eigenvalue weighted by Gasteiger charge is 2.27. The molecule has 3 atom stereocenters. The molecule has 0 aromatic heterocycles. The van der Waals surface area contributed by atoms with Crippen LogP contribution >= 0.6 is 11.8 Å². The summed E-state index contributed by atoms with van der Waals surface area (Å²) in [7, 11) is 0. The summed E-state index contributed by atoms with van der Waals surface area (Å²) in [5.74, 6) is -3.24. The summed E-state index contributed by atoms with van der Waals surface area (Å²) in [6, 6.07) is 0. The Morgan fingerprint density at radius 3 is 2.07 bits per heavy atom. The lowest BCUT2D eigenvalue weighted by Gasteiger charge is -2.20.